The predicted molar refractivity (Wildman–Crippen MR) is 88.3 cm³/mol. The molecule has 0 aromatic heterocycles. The van der Waals surface area contributed by atoms with E-state index >= 15 is 0 Å². The van der Waals surface area contributed by atoms with Crippen LogP contribution in [0, 0.1) is 10.1 Å². The summed E-state index contributed by atoms with van der Waals surface area (Å²) in [4.78, 5) is 33.3. The summed E-state index contributed by atoms with van der Waals surface area (Å²) in [5.41, 5.74) is 0.327. The minimum absolute atomic E-state index is 0.0314. The van der Waals surface area contributed by atoms with Gasteiger partial charge in [0.2, 0.25) is 0 Å². The molecule has 1 aliphatic rings. The fraction of sp³-hybridized carbons (Fsp3) is 0.333. The van der Waals surface area contributed by atoms with Crippen LogP contribution in [0.5, 0.6) is 0 Å². The third kappa shape index (κ3) is 5.99. The summed E-state index contributed by atoms with van der Waals surface area (Å²) in [6.07, 6.45) is 2.72. The summed E-state index contributed by atoms with van der Waals surface area (Å²) in [6, 6.07) is 5.20. The highest BCUT2D eigenvalue weighted by Gasteiger charge is 2.28. The summed E-state index contributed by atoms with van der Waals surface area (Å²) < 4.78 is 27.3. The van der Waals surface area contributed by atoms with Crippen molar-refractivity contribution in [3.05, 3.63) is 46.0 Å². The summed E-state index contributed by atoms with van der Waals surface area (Å²) >= 11 is 0. The van der Waals surface area contributed by atoms with E-state index in [1.165, 1.54) is 24.3 Å². The first-order valence-corrected chi connectivity index (χ1v) is 9.16. The van der Waals surface area contributed by atoms with Crippen LogP contribution in [0.15, 0.2) is 30.3 Å². The van der Waals surface area contributed by atoms with Gasteiger partial charge in [0.1, 0.15) is 0 Å². The molecule has 0 saturated carbocycles. The second kappa shape index (κ2) is 7.88. The van der Waals surface area contributed by atoms with Gasteiger partial charge in [-0.15, -0.1) is 0 Å². The Bertz CT molecular complexity index is 817. The van der Waals surface area contributed by atoms with Crippen molar-refractivity contribution in [3.8, 4) is 0 Å². The highest BCUT2D eigenvalue weighted by molar-refractivity contribution is 7.91. The summed E-state index contributed by atoms with van der Waals surface area (Å²) in [7, 11) is -3.10. The number of nitro groups is 1. The van der Waals surface area contributed by atoms with Crippen LogP contribution >= 0.6 is 0 Å². The molecule has 9 nitrogen and oxygen atoms in total. The largest absolute Gasteiger partial charge is 0.452 e. The molecule has 10 heteroatoms. The maximum absolute atomic E-state index is 11.6. The van der Waals surface area contributed by atoms with Gasteiger partial charge in [0.15, 0.2) is 16.4 Å². The van der Waals surface area contributed by atoms with Crippen LogP contribution in [0.2, 0.25) is 0 Å². The number of nitrogens with one attached hydrogen (secondary N) is 1. The molecule has 0 radical (unpaired) electrons. The molecular formula is C15H16N2O7S. The van der Waals surface area contributed by atoms with Gasteiger partial charge in [-0.05, 0) is 18.1 Å². The Morgan fingerprint density at radius 2 is 2.16 bits per heavy atom. The summed E-state index contributed by atoms with van der Waals surface area (Å²) in [5.74, 6) is -1.46. The third-order valence-corrected chi connectivity index (χ3v) is 5.20. The lowest BCUT2D eigenvalue weighted by Crippen LogP contribution is -2.38. The highest BCUT2D eigenvalue weighted by Crippen LogP contribution is 2.14. The standard InChI is InChI=1S/C15H16N2O7S/c18-14(16-12-6-7-25(22,23)10-12)9-24-15(19)5-4-11-2-1-3-13(8-11)17(20)21/h1-5,8,12H,6-7,9-10H2,(H,16,18)/b5-4+/t12-/m0/s1. The van der Waals surface area contributed by atoms with Gasteiger partial charge in [-0.2, -0.15) is 0 Å². The number of nitro benzene ring substituents is 1. The normalized spacial score (nSPS) is 18.8. The van der Waals surface area contributed by atoms with E-state index in [-0.39, 0.29) is 17.2 Å². The first kappa shape index (κ1) is 18.6. The number of hydrogen-bond donors (Lipinski definition) is 1. The van der Waals surface area contributed by atoms with Crippen LogP contribution in [0.3, 0.4) is 0 Å². The molecule has 1 aromatic rings. The van der Waals surface area contributed by atoms with Gasteiger partial charge < -0.3 is 10.1 Å². The SMILES string of the molecule is O=C(COC(=O)/C=C/c1cccc([N+](=O)[O-])c1)N[C@H]1CCS(=O)(=O)C1. The number of carbonyl (C=O) groups is 2. The van der Waals surface area contributed by atoms with E-state index in [0.717, 1.165) is 6.08 Å². The van der Waals surface area contributed by atoms with Gasteiger partial charge in [-0.1, -0.05) is 12.1 Å². The molecule has 1 N–H and O–H groups in total. The number of carbonyl (C=O) groups excluding carboxylic acids is 2. The zero-order chi connectivity index (χ0) is 18.4. The first-order chi connectivity index (χ1) is 11.7. The van der Waals surface area contributed by atoms with Crippen LogP contribution < -0.4 is 5.32 Å². The van der Waals surface area contributed by atoms with Gasteiger partial charge in [-0.3, -0.25) is 14.9 Å². The topological polar surface area (TPSA) is 133 Å². The van der Waals surface area contributed by atoms with Gasteiger partial charge in [0.05, 0.1) is 16.4 Å². The molecule has 1 fully saturated rings. The molecular weight excluding hydrogens is 352 g/mol. The molecule has 0 spiro atoms. The first-order valence-electron chi connectivity index (χ1n) is 7.34. The third-order valence-electron chi connectivity index (χ3n) is 3.44. The minimum Gasteiger partial charge on any atom is -0.452 e. The van der Waals surface area contributed by atoms with Gasteiger partial charge in [0.25, 0.3) is 11.6 Å². The van der Waals surface area contributed by atoms with Gasteiger partial charge in [0, 0.05) is 24.3 Å². The lowest BCUT2D eigenvalue weighted by molar-refractivity contribution is -0.384. The highest BCUT2D eigenvalue weighted by atomic mass is 32.2. The zero-order valence-corrected chi connectivity index (χ0v) is 13.9. The average molecular weight is 368 g/mol. The molecule has 2 rings (SSSR count). The molecule has 1 heterocycles. The number of esters is 1. The number of benzene rings is 1. The van der Waals surface area contributed by atoms with E-state index in [1.807, 2.05) is 0 Å². The van der Waals surface area contributed by atoms with Gasteiger partial charge in [-0.25, -0.2) is 13.2 Å². The van der Waals surface area contributed by atoms with E-state index in [1.54, 1.807) is 6.07 Å². The molecule has 25 heavy (non-hydrogen) atoms. The van der Waals surface area contributed by atoms with Crippen molar-refractivity contribution in [3.63, 3.8) is 0 Å². The van der Waals surface area contributed by atoms with E-state index in [0.29, 0.717) is 12.0 Å². The second-order valence-electron chi connectivity index (χ2n) is 5.46. The van der Waals surface area contributed by atoms with Crippen LogP contribution in [0.4, 0.5) is 5.69 Å². The van der Waals surface area contributed by atoms with Crippen molar-refractivity contribution in [2.24, 2.45) is 0 Å². The van der Waals surface area contributed by atoms with Crippen molar-refractivity contribution in [2.45, 2.75) is 12.5 Å². The lowest BCUT2D eigenvalue weighted by Gasteiger charge is -2.10. The Labute approximate surface area is 143 Å². The fourth-order valence-corrected chi connectivity index (χ4v) is 3.94. The Morgan fingerprint density at radius 1 is 1.40 bits per heavy atom. The smallest absolute Gasteiger partial charge is 0.331 e. The van der Waals surface area contributed by atoms with Gasteiger partial charge >= 0.3 is 5.97 Å². The number of sulfone groups is 1. The number of nitrogens with zero attached hydrogens (tertiary/aromatic N) is 1. The van der Waals surface area contributed by atoms with E-state index in [9.17, 15) is 28.1 Å². The Kier molecular flexibility index (Phi) is 5.86. The van der Waals surface area contributed by atoms with Crippen LogP contribution in [-0.2, 0) is 24.2 Å². The maximum Gasteiger partial charge on any atom is 0.331 e. The molecule has 0 unspecified atom stereocenters. The summed E-state index contributed by atoms with van der Waals surface area (Å²) in [5, 5.41) is 13.1. The van der Waals surface area contributed by atoms with Crippen molar-refractivity contribution in [1.82, 2.24) is 5.32 Å². The second-order valence-corrected chi connectivity index (χ2v) is 7.69. The monoisotopic (exact) mass is 368 g/mol. The van der Waals surface area contributed by atoms with Crippen molar-refractivity contribution < 1.29 is 27.7 Å². The molecule has 1 saturated heterocycles. The van der Waals surface area contributed by atoms with E-state index in [4.69, 9.17) is 4.74 Å². The maximum atomic E-state index is 11.6. The molecule has 1 atom stereocenters. The molecule has 134 valence electrons. The van der Waals surface area contributed by atoms with Crippen molar-refractivity contribution >= 4 is 33.5 Å². The minimum atomic E-state index is -3.10. The number of hydrogen-bond acceptors (Lipinski definition) is 7. The molecule has 0 aliphatic carbocycles. The van der Waals surface area contributed by atoms with Crippen molar-refractivity contribution in [2.75, 3.05) is 18.1 Å². The fourth-order valence-electron chi connectivity index (χ4n) is 2.27. The molecule has 0 bridgehead atoms. The number of ether oxygens (including phenoxy) is 1. The van der Waals surface area contributed by atoms with E-state index in [2.05, 4.69) is 5.32 Å². The lowest BCUT2D eigenvalue weighted by atomic mass is 10.2. The molecule has 1 aliphatic heterocycles. The summed E-state index contributed by atoms with van der Waals surface area (Å²) in [6.45, 7) is -0.533. The van der Waals surface area contributed by atoms with E-state index < -0.39 is 39.3 Å². The quantitative estimate of drug-likeness (QED) is 0.334. The average Bonchev–Trinajstić information content (AvgIpc) is 2.89. The van der Waals surface area contributed by atoms with Crippen LogP contribution in [0.25, 0.3) is 6.08 Å². The Hall–Kier alpha value is -2.75. The number of rotatable bonds is 6. The number of amides is 1. The molecule has 1 aromatic carbocycles. The van der Waals surface area contributed by atoms with Crippen LogP contribution in [0.1, 0.15) is 12.0 Å². The molecule has 1 amide bonds. The number of non-ortho nitro benzene ring substituents is 1. The van der Waals surface area contributed by atoms with Crippen LogP contribution in [-0.4, -0.2) is 49.4 Å². The van der Waals surface area contributed by atoms with Crippen molar-refractivity contribution in [1.29, 1.82) is 0 Å². The zero-order valence-electron chi connectivity index (χ0n) is 13.1. The predicted octanol–water partition coefficient (Wildman–Crippen LogP) is 0.455. The Morgan fingerprint density at radius 3 is 2.80 bits per heavy atom. The Balaban J connectivity index is 1.79.